The molecule has 0 aliphatic carbocycles. The number of hydrogen-bond donors (Lipinski definition) is 1. The molecule has 0 spiro atoms. The SMILES string of the molecule is COc1cc(F)c([N+](=O)[O-])cc1Nc1nccc(-c2cnc3c(Cl)cccn23)n1. The van der Waals surface area contributed by atoms with Gasteiger partial charge in [0, 0.05) is 24.5 Å². The van der Waals surface area contributed by atoms with Gasteiger partial charge in [-0.3, -0.25) is 14.5 Å². The molecule has 1 N–H and O–H groups in total. The summed E-state index contributed by atoms with van der Waals surface area (Å²) in [5, 5.41) is 14.4. The van der Waals surface area contributed by atoms with Crippen molar-refractivity contribution in [3.8, 4) is 17.1 Å². The summed E-state index contributed by atoms with van der Waals surface area (Å²) in [5.74, 6) is -0.794. The third-order valence-electron chi connectivity index (χ3n) is 4.12. The number of imidazole rings is 1. The number of pyridine rings is 1. The number of nitrogens with one attached hydrogen (secondary N) is 1. The Balaban J connectivity index is 1.74. The highest BCUT2D eigenvalue weighted by Crippen LogP contribution is 2.33. The van der Waals surface area contributed by atoms with Crippen molar-refractivity contribution < 1.29 is 14.1 Å². The lowest BCUT2D eigenvalue weighted by Crippen LogP contribution is -2.02. The molecule has 0 atom stereocenters. The van der Waals surface area contributed by atoms with Gasteiger partial charge in [-0.25, -0.2) is 15.0 Å². The third-order valence-corrected chi connectivity index (χ3v) is 4.41. The molecule has 0 unspecified atom stereocenters. The number of ether oxygens (including phenoxy) is 1. The summed E-state index contributed by atoms with van der Waals surface area (Å²) in [7, 11) is 1.32. The first-order valence-electron chi connectivity index (χ1n) is 8.22. The second-order valence-electron chi connectivity index (χ2n) is 5.84. The maximum Gasteiger partial charge on any atom is 0.307 e. The Morgan fingerprint density at radius 1 is 1.31 bits per heavy atom. The van der Waals surface area contributed by atoms with E-state index in [4.69, 9.17) is 16.3 Å². The van der Waals surface area contributed by atoms with Crippen LogP contribution in [0.5, 0.6) is 5.75 Å². The summed E-state index contributed by atoms with van der Waals surface area (Å²) < 4.78 is 20.7. The van der Waals surface area contributed by atoms with Crippen molar-refractivity contribution in [3.63, 3.8) is 0 Å². The lowest BCUT2D eigenvalue weighted by molar-refractivity contribution is -0.387. The standard InChI is InChI=1S/C18H12ClFN6O3/c1-29-16-7-11(20)14(26(27)28)8-13(16)24-18-21-5-4-12(23-18)15-9-22-17-10(19)3-2-6-25(15)17/h2-9H,1H3,(H,21,23,24). The molecule has 3 aromatic heterocycles. The van der Waals surface area contributed by atoms with Crippen LogP contribution in [0.4, 0.5) is 21.7 Å². The van der Waals surface area contributed by atoms with Gasteiger partial charge in [0.05, 0.1) is 40.3 Å². The molecule has 0 radical (unpaired) electrons. The molecule has 0 bridgehead atoms. The number of halogens is 2. The van der Waals surface area contributed by atoms with Crippen LogP contribution in [-0.4, -0.2) is 31.4 Å². The zero-order chi connectivity index (χ0) is 20.5. The predicted octanol–water partition coefficient (Wildman–Crippen LogP) is 4.24. The smallest absolute Gasteiger partial charge is 0.307 e. The van der Waals surface area contributed by atoms with Crippen molar-refractivity contribution in [1.82, 2.24) is 19.4 Å². The van der Waals surface area contributed by atoms with Gasteiger partial charge in [-0.15, -0.1) is 0 Å². The molecule has 146 valence electrons. The highest BCUT2D eigenvalue weighted by Gasteiger charge is 2.20. The third kappa shape index (κ3) is 3.41. The molecule has 11 heteroatoms. The fourth-order valence-corrected chi connectivity index (χ4v) is 3.01. The number of methoxy groups -OCH3 is 1. The second kappa shape index (κ2) is 7.32. The Hall–Kier alpha value is -3.79. The van der Waals surface area contributed by atoms with Crippen LogP contribution in [-0.2, 0) is 0 Å². The van der Waals surface area contributed by atoms with Crippen LogP contribution in [0.1, 0.15) is 0 Å². The van der Waals surface area contributed by atoms with Crippen molar-refractivity contribution in [2.24, 2.45) is 0 Å². The number of nitrogens with zero attached hydrogens (tertiary/aromatic N) is 5. The first-order chi connectivity index (χ1) is 14.0. The first-order valence-corrected chi connectivity index (χ1v) is 8.59. The van der Waals surface area contributed by atoms with Gasteiger partial charge < -0.3 is 10.1 Å². The molecular weight excluding hydrogens is 403 g/mol. The molecule has 0 saturated carbocycles. The van der Waals surface area contributed by atoms with E-state index in [-0.39, 0.29) is 17.4 Å². The largest absolute Gasteiger partial charge is 0.494 e. The van der Waals surface area contributed by atoms with Crippen LogP contribution in [0.3, 0.4) is 0 Å². The van der Waals surface area contributed by atoms with Gasteiger partial charge in [0.1, 0.15) is 5.75 Å². The highest BCUT2D eigenvalue weighted by atomic mass is 35.5. The van der Waals surface area contributed by atoms with Gasteiger partial charge in [-0.2, -0.15) is 4.39 Å². The Kier molecular flexibility index (Phi) is 4.69. The summed E-state index contributed by atoms with van der Waals surface area (Å²) in [6.07, 6.45) is 4.93. The van der Waals surface area contributed by atoms with E-state index < -0.39 is 16.4 Å². The first kappa shape index (κ1) is 18.6. The normalized spacial score (nSPS) is 10.9. The van der Waals surface area contributed by atoms with Crippen LogP contribution in [0.25, 0.3) is 17.0 Å². The van der Waals surface area contributed by atoms with E-state index in [0.717, 1.165) is 12.1 Å². The minimum Gasteiger partial charge on any atom is -0.494 e. The Morgan fingerprint density at radius 2 is 2.14 bits per heavy atom. The molecule has 0 aliphatic heterocycles. The fraction of sp³-hybridized carbons (Fsp3) is 0.0556. The molecule has 4 aromatic rings. The zero-order valence-corrected chi connectivity index (χ0v) is 15.6. The predicted molar refractivity (Wildman–Crippen MR) is 104 cm³/mol. The minimum absolute atomic E-state index is 0.0729. The fourth-order valence-electron chi connectivity index (χ4n) is 2.80. The Bertz CT molecular complexity index is 1250. The Morgan fingerprint density at radius 3 is 2.90 bits per heavy atom. The van der Waals surface area contributed by atoms with Gasteiger partial charge in [0.25, 0.3) is 0 Å². The van der Waals surface area contributed by atoms with Crippen LogP contribution in [0, 0.1) is 15.9 Å². The van der Waals surface area contributed by atoms with E-state index in [1.54, 1.807) is 35.0 Å². The molecule has 0 fully saturated rings. The summed E-state index contributed by atoms with van der Waals surface area (Å²) in [6, 6.07) is 7.15. The molecule has 9 nitrogen and oxygen atoms in total. The molecule has 1 aromatic carbocycles. The van der Waals surface area contributed by atoms with Crippen molar-refractivity contribution in [2.45, 2.75) is 0 Å². The van der Waals surface area contributed by atoms with E-state index in [2.05, 4.69) is 20.3 Å². The number of aromatic nitrogens is 4. The van der Waals surface area contributed by atoms with E-state index in [1.165, 1.54) is 13.3 Å². The van der Waals surface area contributed by atoms with Gasteiger partial charge in [0.15, 0.2) is 5.65 Å². The maximum absolute atomic E-state index is 13.8. The van der Waals surface area contributed by atoms with Crippen LogP contribution >= 0.6 is 11.6 Å². The summed E-state index contributed by atoms with van der Waals surface area (Å²) in [6.45, 7) is 0. The van der Waals surface area contributed by atoms with E-state index in [9.17, 15) is 14.5 Å². The second-order valence-corrected chi connectivity index (χ2v) is 6.25. The number of nitro benzene ring substituents is 1. The molecule has 29 heavy (non-hydrogen) atoms. The maximum atomic E-state index is 13.8. The summed E-state index contributed by atoms with van der Waals surface area (Å²) in [5.41, 5.74) is 1.24. The monoisotopic (exact) mass is 414 g/mol. The average Bonchev–Trinajstić information content (AvgIpc) is 3.14. The van der Waals surface area contributed by atoms with E-state index in [1.807, 2.05) is 0 Å². The summed E-state index contributed by atoms with van der Waals surface area (Å²) >= 11 is 6.15. The van der Waals surface area contributed by atoms with Crippen molar-refractivity contribution >= 4 is 34.6 Å². The molecular formula is C18H12ClFN6O3. The molecule has 0 aliphatic rings. The Labute approximate surface area is 167 Å². The van der Waals surface area contributed by atoms with Gasteiger partial charge in [-0.1, -0.05) is 11.6 Å². The molecule has 3 heterocycles. The zero-order valence-electron chi connectivity index (χ0n) is 14.8. The van der Waals surface area contributed by atoms with E-state index in [0.29, 0.717) is 22.1 Å². The average molecular weight is 415 g/mol. The lowest BCUT2D eigenvalue weighted by Gasteiger charge is -2.11. The summed E-state index contributed by atoms with van der Waals surface area (Å²) in [4.78, 5) is 23.0. The van der Waals surface area contributed by atoms with E-state index >= 15 is 0 Å². The lowest BCUT2D eigenvalue weighted by atomic mass is 10.2. The van der Waals surface area contributed by atoms with Crippen molar-refractivity contribution in [3.05, 3.63) is 69.9 Å². The van der Waals surface area contributed by atoms with Gasteiger partial charge >= 0.3 is 5.69 Å². The van der Waals surface area contributed by atoms with Crippen LogP contribution in [0.15, 0.2) is 48.9 Å². The molecule has 4 rings (SSSR count). The molecule has 0 saturated heterocycles. The quantitative estimate of drug-likeness (QED) is 0.384. The number of nitro groups is 1. The number of benzene rings is 1. The molecule has 0 amide bonds. The number of anilines is 2. The van der Waals surface area contributed by atoms with Crippen LogP contribution < -0.4 is 10.1 Å². The number of rotatable bonds is 5. The highest BCUT2D eigenvalue weighted by molar-refractivity contribution is 6.33. The van der Waals surface area contributed by atoms with Gasteiger partial charge in [-0.05, 0) is 18.2 Å². The topological polar surface area (TPSA) is 107 Å². The van der Waals surface area contributed by atoms with Crippen molar-refractivity contribution in [1.29, 1.82) is 0 Å². The van der Waals surface area contributed by atoms with Crippen molar-refractivity contribution in [2.75, 3.05) is 12.4 Å². The van der Waals surface area contributed by atoms with Gasteiger partial charge in [0.2, 0.25) is 11.8 Å². The number of hydrogen-bond acceptors (Lipinski definition) is 7. The minimum atomic E-state index is -1.00. The van der Waals surface area contributed by atoms with Crippen LogP contribution in [0.2, 0.25) is 5.02 Å². The number of fused-ring (bicyclic) bond motifs is 1.